The van der Waals surface area contributed by atoms with E-state index in [1.54, 1.807) is 54.8 Å². The van der Waals surface area contributed by atoms with Crippen molar-refractivity contribution in [2.45, 2.75) is 129 Å². The van der Waals surface area contributed by atoms with Gasteiger partial charge in [-0.1, -0.05) is 64.8 Å². The minimum Gasteiger partial charge on any atom is -0.495 e. The molecular formula is C55H76N12O8S. The molecule has 0 radical (unpaired) electrons. The van der Waals surface area contributed by atoms with Crippen LogP contribution in [0.25, 0.3) is 10.4 Å². The highest BCUT2D eigenvalue weighted by molar-refractivity contribution is 7.13. The Hall–Kier alpha value is -6.26. The molecule has 1 aliphatic carbocycles. The minimum absolute atomic E-state index is 0.00415. The SMILES string of the molecule is CC[C@@H]1C(=O)N(C)c2cnc(Nc3ccc(C(=O)NC4CCN(CCOCCNCC(=O)NC(C(=O)N5C[C@H](O)C[C@H]5C(=O)NCc5ccc(-c6scnc6C)cc5)C(C)(C)C)CC4)cc3OC)nc2N1C1CCCC1. The summed E-state index contributed by atoms with van der Waals surface area (Å²) < 4.78 is 11.6. The van der Waals surface area contributed by atoms with E-state index in [1.165, 1.54) is 4.90 Å². The average Bonchev–Trinajstić information content (AvgIpc) is 4.21. The van der Waals surface area contributed by atoms with Gasteiger partial charge in [-0.15, -0.1) is 11.3 Å². The minimum atomic E-state index is -0.930. The second-order valence-electron chi connectivity index (χ2n) is 21.4. The molecule has 2 saturated heterocycles. The summed E-state index contributed by atoms with van der Waals surface area (Å²) in [6.45, 7) is 13.5. The molecule has 1 unspecified atom stereocenters. The van der Waals surface area contributed by atoms with Crippen LogP contribution in [-0.2, 0) is 30.5 Å². The van der Waals surface area contributed by atoms with Gasteiger partial charge in [0.05, 0.1) is 60.9 Å². The maximum absolute atomic E-state index is 14.0. The van der Waals surface area contributed by atoms with Gasteiger partial charge in [0, 0.05) is 70.4 Å². The first-order valence-corrected chi connectivity index (χ1v) is 27.7. The van der Waals surface area contributed by atoms with Crippen molar-refractivity contribution >= 4 is 64.0 Å². The summed E-state index contributed by atoms with van der Waals surface area (Å²) in [5.41, 5.74) is 5.84. The Kier molecular flexibility index (Phi) is 18.6. The van der Waals surface area contributed by atoms with Crippen LogP contribution >= 0.6 is 11.3 Å². The lowest BCUT2D eigenvalue weighted by molar-refractivity contribution is -0.144. The van der Waals surface area contributed by atoms with Crippen LogP contribution in [0.4, 0.5) is 23.1 Å². The number of β-amino-alcohol motifs (C(OH)–C–C–N with tert-alkyl or cyclic N) is 1. The molecule has 5 amide bonds. The number of carbonyl (C=O) groups excluding carboxylic acids is 5. The van der Waals surface area contributed by atoms with Gasteiger partial charge in [0.15, 0.2) is 5.82 Å². The number of methoxy groups -OCH3 is 1. The quantitative estimate of drug-likeness (QED) is 0.0617. The first kappa shape index (κ1) is 56.0. The number of hydrogen-bond donors (Lipinski definition) is 6. The third kappa shape index (κ3) is 13.5. The summed E-state index contributed by atoms with van der Waals surface area (Å²) >= 11 is 1.57. The first-order valence-electron chi connectivity index (χ1n) is 26.8. The van der Waals surface area contributed by atoms with Crippen LogP contribution in [0.5, 0.6) is 5.75 Å². The number of benzene rings is 2. The third-order valence-corrected chi connectivity index (χ3v) is 16.0. The summed E-state index contributed by atoms with van der Waals surface area (Å²) in [6, 6.07) is 11.3. The molecule has 1 saturated carbocycles. The molecule has 21 heteroatoms. The van der Waals surface area contributed by atoms with Crippen LogP contribution in [0.3, 0.4) is 0 Å². The lowest BCUT2D eigenvalue weighted by Gasteiger charge is -2.43. The molecule has 4 atom stereocenters. The van der Waals surface area contributed by atoms with E-state index in [9.17, 15) is 29.1 Å². The first-order chi connectivity index (χ1) is 36.5. The average molecular weight is 1070 g/mol. The Labute approximate surface area is 450 Å². The summed E-state index contributed by atoms with van der Waals surface area (Å²) in [7, 11) is 3.34. The van der Waals surface area contributed by atoms with Gasteiger partial charge in [-0.25, -0.2) is 9.97 Å². The van der Waals surface area contributed by atoms with Crippen molar-refractivity contribution in [3.8, 4) is 16.2 Å². The number of likely N-dealkylation sites (N-methyl/N-ethyl adjacent to an activating group) is 1. The van der Waals surface area contributed by atoms with Gasteiger partial charge in [-0.05, 0) is 73.8 Å². The fourth-order valence-electron chi connectivity index (χ4n) is 10.7. The van der Waals surface area contributed by atoms with Crippen molar-refractivity contribution in [3.63, 3.8) is 0 Å². The largest absolute Gasteiger partial charge is 0.495 e. The molecule has 3 aliphatic heterocycles. The molecule has 2 aromatic heterocycles. The van der Waals surface area contributed by atoms with Crippen molar-refractivity contribution in [1.29, 1.82) is 0 Å². The number of hydrogen-bond acceptors (Lipinski definition) is 16. The van der Waals surface area contributed by atoms with E-state index in [1.807, 2.05) is 64.4 Å². The highest BCUT2D eigenvalue weighted by Crippen LogP contribution is 2.41. The van der Waals surface area contributed by atoms with E-state index in [0.29, 0.717) is 54.8 Å². The molecule has 6 N–H and O–H groups in total. The molecule has 20 nitrogen and oxygen atoms in total. The standard InChI is InChI=1S/C55H76N12O8S/c1-8-42-52(72)64(6)44-30-58-54(63-49(44)67(42)39-11-9-10-12-39)61-41-18-17-37(27-45(41)74-7)50(70)60-38-19-22-65(23-20-38)24-26-75-25-21-56-31-46(69)62-48(55(3,4)5)53(73)66-32-40(68)28-43(66)51(71)57-29-35-13-15-36(16-14-35)47-34(2)59-33-76-47/h13-18,27,30,33,38-40,42-43,48,56,68H,8-12,19-26,28-29,31-32H2,1-7H3,(H,57,71)(H,60,70)(H,62,69)(H,58,61,63)/t40-,42-,43+,48?/m1/s1. The number of nitrogens with zero attached hydrogens (tertiary/aromatic N) is 7. The number of amides is 5. The van der Waals surface area contributed by atoms with Crippen molar-refractivity contribution in [1.82, 2.24) is 46.0 Å². The Morgan fingerprint density at radius 1 is 0.987 bits per heavy atom. The summed E-state index contributed by atoms with van der Waals surface area (Å²) in [6.07, 6.45) is 7.52. The molecule has 3 fully saturated rings. The fourth-order valence-corrected chi connectivity index (χ4v) is 11.5. The van der Waals surface area contributed by atoms with Crippen molar-refractivity contribution < 1.29 is 38.6 Å². The normalized spacial score (nSPS) is 19.9. The molecule has 4 aliphatic rings. The molecule has 410 valence electrons. The van der Waals surface area contributed by atoms with Gasteiger partial charge in [-0.3, -0.25) is 24.0 Å². The number of carbonyl (C=O) groups is 5. The molecule has 0 spiro atoms. The van der Waals surface area contributed by atoms with E-state index < -0.39 is 29.5 Å². The molecule has 0 bridgehead atoms. The van der Waals surface area contributed by atoms with Gasteiger partial charge in [0.2, 0.25) is 29.6 Å². The number of aromatic nitrogens is 3. The van der Waals surface area contributed by atoms with Crippen LogP contribution in [0.2, 0.25) is 0 Å². The monoisotopic (exact) mass is 1060 g/mol. The number of anilines is 4. The second-order valence-corrected chi connectivity index (χ2v) is 22.3. The van der Waals surface area contributed by atoms with Crippen molar-refractivity contribution in [2.75, 3.05) is 81.8 Å². The van der Waals surface area contributed by atoms with Crippen LogP contribution in [0, 0.1) is 12.3 Å². The lowest BCUT2D eigenvalue weighted by atomic mass is 9.85. The molecular weight excluding hydrogens is 989 g/mol. The third-order valence-electron chi connectivity index (χ3n) is 15.0. The Bertz CT molecular complexity index is 2670. The number of nitrogens with one attached hydrogen (secondary N) is 5. The van der Waals surface area contributed by atoms with Gasteiger partial charge >= 0.3 is 0 Å². The topological polar surface area (TPSA) is 236 Å². The van der Waals surface area contributed by atoms with Gasteiger partial charge in [0.1, 0.15) is 29.6 Å². The Morgan fingerprint density at radius 3 is 2.42 bits per heavy atom. The molecule has 2 aromatic carbocycles. The highest BCUT2D eigenvalue weighted by atomic mass is 32.1. The van der Waals surface area contributed by atoms with E-state index in [2.05, 4.69) is 46.4 Å². The van der Waals surface area contributed by atoms with Crippen LogP contribution in [0.1, 0.15) is 101 Å². The van der Waals surface area contributed by atoms with Crippen molar-refractivity contribution in [3.05, 3.63) is 71.0 Å². The maximum atomic E-state index is 14.0. The van der Waals surface area contributed by atoms with E-state index >= 15 is 0 Å². The lowest BCUT2D eigenvalue weighted by Crippen LogP contribution is -2.58. The van der Waals surface area contributed by atoms with Crippen LogP contribution in [0.15, 0.2) is 54.2 Å². The molecule has 5 heterocycles. The number of ether oxygens (including phenoxy) is 2. The van der Waals surface area contributed by atoms with Gasteiger partial charge < -0.3 is 60.8 Å². The van der Waals surface area contributed by atoms with Gasteiger partial charge in [-0.2, -0.15) is 4.98 Å². The predicted molar refractivity (Wildman–Crippen MR) is 293 cm³/mol. The summed E-state index contributed by atoms with van der Waals surface area (Å²) in [4.78, 5) is 90.0. The van der Waals surface area contributed by atoms with E-state index in [4.69, 9.17) is 14.5 Å². The number of piperidine rings is 1. The number of thiazole rings is 1. The van der Waals surface area contributed by atoms with Gasteiger partial charge in [0.25, 0.3) is 5.91 Å². The zero-order valence-corrected chi connectivity index (χ0v) is 45.8. The number of rotatable bonds is 21. The Balaban J connectivity index is 0.724. The van der Waals surface area contributed by atoms with E-state index in [0.717, 1.165) is 85.7 Å². The van der Waals surface area contributed by atoms with Crippen LogP contribution < -0.4 is 41.1 Å². The molecule has 4 aromatic rings. The summed E-state index contributed by atoms with van der Waals surface area (Å²) in [5.74, 6) is 0.341. The molecule has 76 heavy (non-hydrogen) atoms. The van der Waals surface area contributed by atoms with E-state index in [-0.39, 0.29) is 67.8 Å². The number of aryl methyl sites for hydroxylation is 1. The summed E-state index contributed by atoms with van der Waals surface area (Å²) in [5, 5.41) is 26.0. The van der Waals surface area contributed by atoms with Crippen molar-refractivity contribution in [2.24, 2.45) is 5.41 Å². The zero-order valence-electron chi connectivity index (χ0n) is 45.0. The molecule has 8 rings (SSSR count). The maximum Gasteiger partial charge on any atom is 0.251 e. The predicted octanol–water partition coefficient (Wildman–Crippen LogP) is 4.77. The number of aliphatic hydroxyl groups excluding tert-OH is 1. The Morgan fingerprint density at radius 2 is 1.74 bits per heavy atom. The second kappa shape index (κ2) is 25.3. The number of likely N-dealkylation sites (tertiary alicyclic amines) is 2. The zero-order chi connectivity index (χ0) is 54.1. The highest BCUT2D eigenvalue weighted by Gasteiger charge is 2.45. The fraction of sp³-hybridized carbons (Fsp3) is 0.564. The van der Waals surface area contributed by atoms with Crippen LogP contribution in [-0.4, -0.2) is 162 Å². The smallest absolute Gasteiger partial charge is 0.251 e. The number of fused-ring (bicyclic) bond motifs is 1. The number of aliphatic hydroxyl groups is 1.